The van der Waals surface area contributed by atoms with Crippen LogP contribution in [-0.2, 0) is 0 Å². The summed E-state index contributed by atoms with van der Waals surface area (Å²) in [6.07, 6.45) is 1.36. The molecule has 0 aliphatic carbocycles. The molecule has 24 heavy (non-hydrogen) atoms. The van der Waals surface area contributed by atoms with Crippen LogP contribution in [0.2, 0.25) is 5.02 Å². The molecule has 0 spiro atoms. The van der Waals surface area contributed by atoms with Crippen LogP contribution >= 0.6 is 11.6 Å². The van der Waals surface area contributed by atoms with Crippen molar-refractivity contribution in [3.8, 4) is 0 Å². The number of H-pyrrole nitrogens is 2. The van der Waals surface area contributed by atoms with Crippen LogP contribution in [0.5, 0.6) is 0 Å². The van der Waals surface area contributed by atoms with Gasteiger partial charge in [-0.05, 0) is 24.6 Å². The second kappa shape index (κ2) is 6.52. The van der Waals surface area contributed by atoms with Gasteiger partial charge in [-0.25, -0.2) is 4.79 Å². The van der Waals surface area contributed by atoms with E-state index in [1.165, 1.54) is 6.20 Å². The van der Waals surface area contributed by atoms with Crippen LogP contribution in [0.15, 0.2) is 29.2 Å². The Morgan fingerprint density at radius 2 is 1.71 bits per heavy atom. The number of hydrogen-bond donors (Lipinski definition) is 2. The zero-order valence-corrected chi connectivity index (χ0v) is 13.9. The smallest absolute Gasteiger partial charge is 0.323 e. The number of amides is 2. The Labute approximate surface area is 143 Å². The number of carbonyl (C=O) groups excluding carboxylic acids is 2. The fraction of sp³-hybridized carbons (Fsp3) is 0.312. The van der Waals surface area contributed by atoms with Crippen LogP contribution in [0, 0.1) is 6.92 Å². The molecule has 0 saturated carbocycles. The van der Waals surface area contributed by atoms with Crippen LogP contribution in [0.4, 0.5) is 0 Å². The third-order valence-electron chi connectivity index (χ3n) is 4.10. The predicted molar refractivity (Wildman–Crippen MR) is 89.4 cm³/mol. The van der Waals surface area contributed by atoms with Crippen LogP contribution in [0.1, 0.15) is 26.4 Å². The molecule has 126 valence electrons. The van der Waals surface area contributed by atoms with E-state index < -0.39 is 5.69 Å². The second-order valence-corrected chi connectivity index (χ2v) is 6.11. The average molecular weight is 349 g/mol. The molecule has 2 aromatic rings. The minimum absolute atomic E-state index is 0.0981. The first-order valence-electron chi connectivity index (χ1n) is 7.58. The molecule has 1 fully saturated rings. The molecule has 8 heteroatoms. The van der Waals surface area contributed by atoms with E-state index in [2.05, 4.69) is 9.97 Å². The van der Waals surface area contributed by atoms with Gasteiger partial charge in [0.15, 0.2) is 0 Å². The van der Waals surface area contributed by atoms with Crippen molar-refractivity contribution >= 4 is 23.4 Å². The van der Waals surface area contributed by atoms with Crippen molar-refractivity contribution in [2.24, 2.45) is 0 Å². The van der Waals surface area contributed by atoms with Crippen molar-refractivity contribution in [2.75, 3.05) is 26.2 Å². The van der Waals surface area contributed by atoms with Gasteiger partial charge in [0, 0.05) is 43.0 Å². The number of halogens is 1. The Bertz CT molecular complexity index is 834. The highest BCUT2D eigenvalue weighted by Gasteiger charge is 2.26. The van der Waals surface area contributed by atoms with E-state index in [0.29, 0.717) is 36.8 Å². The van der Waals surface area contributed by atoms with Gasteiger partial charge < -0.3 is 19.8 Å². The number of rotatable bonds is 2. The number of aromatic amines is 2. The van der Waals surface area contributed by atoms with Crippen molar-refractivity contribution in [1.82, 2.24) is 19.8 Å². The summed E-state index contributed by atoms with van der Waals surface area (Å²) in [5.41, 5.74) is 1.28. The number of hydrogen-bond acceptors (Lipinski definition) is 3. The zero-order chi connectivity index (χ0) is 17.3. The molecule has 3 rings (SSSR count). The summed E-state index contributed by atoms with van der Waals surface area (Å²) in [4.78, 5) is 44.0. The molecule has 7 nitrogen and oxygen atoms in total. The quantitative estimate of drug-likeness (QED) is 0.856. The normalized spacial score (nSPS) is 14.8. The molecule has 1 aliphatic heterocycles. The van der Waals surface area contributed by atoms with Crippen LogP contribution in [0.3, 0.4) is 0 Å². The first-order chi connectivity index (χ1) is 11.5. The molecule has 0 unspecified atom stereocenters. The third kappa shape index (κ3) is 3.21. The Balaban J connectivity index is 1.64. The average Bonchev–Trinajstić information content (AvgIpc) is 3.02. The van der Waals surface area contributed by atoms with Crippen LogP contribution in [0.25, 0.3) is 0 Å². The number of carbonyl (C=O) groups is 2. The number of piperazine rings is 1. The Kier molecular flexibility index (Phi) is 4.44. The predicted octanol–water partition coefficient (Wildman–Crippen LogP) is 1.26. The van der Waals surface area contributed by atoms with E-state index >= 15 is 0 Å². The Morgan fingerprint density at radius 3 is 2.25 bits per heavy atom. The molecule has 1 saturated heterocycles. The summed E-state index contributed by atoms with van der Waals surface area (Å²) >= 11 is 6.08. The van der Waals surface area contributed by atoms with Crippen molar-refractivity contribution < 1.29 is 9.59 Å². The fourth-order valence-electron chi connectivity index (χ4n) is 2.64. The van der Waals surface area contributed by atoms with E-state index in [0.717, 1.165) is 5.56 Å². The molecule has 2 heterocycles. The maximum absolute atomic E-state index is 12.5. The highest BCUT2D eigenvalue weighted by molar-refractivity contribution is 6.31. The van der Waals surface area contributed by atoms with E-state index in [9.17, 15) is 14.4 Å². The summed E-state index contributed by atoms with van der Waals surface area (Å²) in [5, 5.41) is 0.561. The summed E-state index contributed by atoms with van der Waals surface area (Å²) in [5.74, 6) is -0.349. The van der Waals surface area contributed by atoms with Crippen molar-refractivity contribution in [3.05, 3.63) is 56.7 Å². The van der Waals surface area contributed by atoms with Gasteiger partial charge in [0.25, 0.3) is 11.8 Å². The summed E-state index contributed by atoms with van der Waals surface area (Å²) in [6, 6.07) is 5.24. The highest BCUT2D eigenvalue weighted by atomic mass is 35.5. The number of nitrogens with zero attached hydrogens (tertiary/aromatic N) is 2. The lowest BCUT2D eigenvalue weighted by atomic mass is 10.1. The minimum atomic E-state index is -0.414. The van der Waals surface area contributed by atoms with Gasteiger partial charge in [0.1, 0.15) is 5.69 Å². The SMILES string of the molecule is Cc1ccc(C(=O)N2CCN(C(=O)c3c[nH]c(=O)[nH]3)CC2)cc1Cl. The number of aryl methyl sites for hydroxylation is 1. The maximum Gasteiger partial charge on any atom is 0.323 e. The molecule has 0 bridgehead atoms. The van der Waals surface area contributed by atoms with Crippen molar-refractivity contribution in [1.29, 1.82) is 0 Å². The summed E-state index contributed by atoms with van der Waals surface area (Å²) < 4.78 is 0. The lowest BCUT2D eigenvalue weighted by Crippen LogP contribution is -2.50. The Hall–Kier alpha value is -2.54. The highest BCUT2D eigenvalue weighted by Crippen LogP contribution is 2.18. The van der Waals surface area contributed by atoms with Gasteiger partial charge in [0.2, 0.25) is 0 Å². The largest absolute Gasteiger partial charge is 0.335 e. The van der Waals surface area contributed by atoms with E-state index in [4.69, 9.17) is 11.6 Å². The number of benzene rings is 1. The van der Waals surface area contributed by atoms with E-state index in [1.54, 1.807) is 21.9 Å². The van der Waals surface area contributed by atoms with Gasteiger partial charge in [-0.15, -0.1) is 0 Å². The fourth-order valence-corrected chi connectivity index (χ4v) is 2.82. The first-order valence-corrected chi connectivity index (χ1v) is 7.96. The van der Waals surface area contributed by atoms with Gasteiger partial charge in [-0.2, -0.15) is 0 Å². The lowest BCUT2D eigenvalue weighted by molar-refractivity contribution is 0.0532. The molecule has 0 radical (unpaired) electrons. The number of nitrogens with one attached hydrogen (secondary N) is 2. The first kappa shape index (κ1) is 16.3. The van der Waals surface area contributed by atoms with Gasteiger partial charge in [-0.3, -0.25) is 9.59 Å². The maximum atomic E-state index is 12.5. The molecular formula is C16H17ClN4O3. The van der Waals surface area contributed by atoms with Crippen molar-refractivity contribution in [2.45, 2.75) is 6.92 Å². The van der Waals surface area contributed by atoms with Crippen molar-refractivity contribution in [3.63, 3.8) is 0 Å². The number of imidazole rings is 1. The summed E-state index contributed by atoms with van der Waals surface area (Å²) in [6.45, 7) is 3.58. The molecule has 1 aromatic heterocycles. The standard InChI is InChI=1S/C16H17ClN4O3/c1-10-2-3-11(8-12(10)17)14(22)20-4-6-21(7-5-20)15(23)13-9-18-16(24)19-13/h2-3,8-9H,4-7H2,1H3,(H2,18,19,24). The molecule has 1 aliphatic rings. The summed E-state index contributed by atoms with van der Waals surface area (Å²) in [7, 11) is 0. The second-order valence-electron chi connectivity index (χ2n) is 5.70. The van der Waals surface area contributed by atoms with Gasteiger partial charge in [0.05, 0.1) is 0 Å². The Morgan fingerprint density at radius 1 is 1.08 bits per heavy atom. The third-order valence-corrected chi connectivity index (χ3v) is 4.51. The van der Waals surface area contributed by atoms with E-state index in [1.807, 2.05) is 13.0 Å². The topological polar surface area (TPSA) is 89.3 Å². The number of aromatic nitrogens is 2. The molecular weight excluding hydrogens is 332 g/mol. The van der Waals surface area contributed by atoms with Crippen LogP contribution in [-0.4, -0.2) is 57.8 Å². The van der Waals surface area contributed by atoms with E-state index in [-0.39, 0.29) is 17.5 Å². The minimum Gasteiger partial charge on any atom is -0.335 e. The van der Waals surface area contributed by atoms with Crippen LogP contribution < -0.4 is 5.69 Å². The lowest BCUT2D eigenvalue weighted by Gasteiger charge is -2.34. The van der Waals surface area contributed by atoms with Gasteiger partial charge >= 0.3 is 5.69 Å². The molecule has 2 N–H and O–H groups in total. The molecule has 0 atom stereocenters. The molecule has 1 aromatic carbocycles. The zero-order valence-electron chi connectivity index (χ0n) is 13.1. The molecule has 2 amide bonds. The monoisotopic (exact) mass is 348 g/mol. The van der Waals surface area contributed by atoms with Gasteiger partial charge in [-0.1, -0.05) is 17.7 Å².